The average Bonchev–Trinajstić information content (AvgIpc) is 2.79. The summed E-state index contributed by atoms with van der Waals surface area (Å²) >= 11 is 0. The standard InChI is InChI=1S/C13H17N3O3/c17-11(2-1-10-14-3-4-15-10)16-9-5-8-6-13(8,7-9)12(18)19/h3-4,8-9H,1-2,5-7H2,(H,14,15)(H,16,17)(H,18,19)/t8-,9+,13+/m1/s1. The van der Waals surface area contributed by atoms with E-state index in [0.717, 1.165) is 18.7 Å². The molecule has 2 fully saturated rings. The van der Waals surface area contributed by atoms with Gasteiger partial charge in [-0.15, -0.1) is 0 Å². The number of aliphatic carboxylic acids is 1. The highest BCUT2D eigenvalue weighted by atomic mass is 16.4. The number of H-pyrrole nitrogens is 1. The van der Waals surface area contributed by atoms with E-state index in [1.807, 2.05) is 0 Å². The molecule has 0 saturated heterocycles. The van der Waals surface area contributed by atoms with Crippen LogP contribution >= 0.6 is 0 Å². The van der Waals surface area contributed by atoms with Crippen LogP contribution in [0.4, 0.5) is 0 Å². The first-order chi connectivity index (χ1) is 9.10. The van der Waals surface area contributed by atoms with Crippen LogP contribution in [0.5, 0.6) is 0 Å². The number of imidazole rings is 1. The number of nitrogens with one attached hydrogen (secondary N) is 2. The molecule has 3 N–H and O–H groups in total. The summed E-state index contributed by atoms with van der Waals surface area (Å²) < 4.78 is 0. The zero-order valence-electron chi connectivity index (χ0n) is 10.6. The fraction of sp³-hybridized carbons (Fsp3) is 0.615. The van der Waals surface area contributed by atoms with Gasteiger partial charge >= 0.3 is 5.97 Å². The number of nitrogens with zero attached hydrogens (tertiary/aromatic N) is 1. The maximum Gasteiger partial charge on any atom is 0.310 e. The number of carboxylic acids is 1. The molecular formula is C13H17N3O3. The number of aryl methyl sites for hydroxylation is 1. The number of amides is 1. The van der Waals surface area contributed by atoms with Gasteiger partial charge in [-0.25, -0.2) is 4.98 Å². The molecule has 1 heterocycles. The molecule has 19 heavy (non-hydrogen) atoms. The number of fused-ring (bicyclic) bond motifs is 1. The Bertz CT molecular complexity index is 499. The first-order valence-electron chi connectivity index (χ1n) is 6.61. The lowest BCUT2D eigenvalue weighted by Gasteiger charge is -2.15. The Morgan fingerprint density at radius 1 is 1.53 bits per heavy atom. The van der Waals surface area contributed by atoms with E-state index in [1.54, 1.807) is 12.4 Å². The molecule has 1 aromatic rings. The first-order valence-corrected chi connectivity index (χ1v) is 6.61. The van der Waals surface area contributed by atoms with E-state index in [4.69, 9.17) is 5.11 Å². The molecule has 1 aromatic heterocycles. The molecule has 0 radical (unpaired) electrons. The highest BCUT2D eigenvalue weighted by Crippen LogP contribution is 2.63. The van der Waals surface area contributed by atoms with Crippen molar-refractivity contribution in [3.8, 4) is 0 Å². The zero-order chi connectivity index (χ0) is 13.5. The molecule has 2 aliphatic rings. The van der Waals surface area contributed by atoms with Gasteiger partial charge < -0.3 is 15.4 Å². The molecular weight excluding hydrogens is 246 g/mol. The number of hydrogen-bond donors (Lipinski definition) is 3. The first kappa shape index (κ1) is 12.2. The molecule has 0 bridgehead atoms. The van der Waals surface area contributed by atoms with Gasteiger partial charge in [-0.2, -0.15) is 0 Å². The summed E-state index contributed by atoms with van der Waals surface area (Å²) in [5.74, 6) is 0.333. The summed E-state index contributed by atoms with van der Waals surface area (Å²) in [5, 5.41) is 12.1. The van der Waals surface area contributed by atoms with Crippen molar-refractivity contribution in [2.24, 2.45) is 11.3 Å². The minimum absolute atomic E-state index is 0.0248. The molecule has 0 spiro atoms. The van der Waals surface area contributed by atoms with E-state index < -0.39 is 11.4 Å². The quantitative estimate of drug-likeness (QED) is 0.729. The molecule has 1 amide bonds. The van der Waals surface area contributed by atoms with Crippen LogP contribution in [-0.4, -0.2) is 33.0 Å². The summed E-state index contributed by atoms with van der Waals surface area (Å²) in [7, 11) is 0. The van der Waals surface area contributed by atoms with Crippen LogP contribution < -0.4 is 5.32 Å². The molecule has 6 nitrogen and oxygen atoms in total. The molecule has 0 aromatic carbocycles. The zero-order valence-corrected chi connectivity index (χ0v) is 10.6. The lowest BCUT2D eigenvalue weighted by Crippen LogP contribution is -2.35. The number of aromatic amines is 1. The van der Waals surface area contributed by atoms with Crippen molar-refractivity contribution in [1.82, 2.24) is 15.3 Å². The fourth-order valence-electron chi connectivity index (χ4n) is 3.23. The molecule has 6 heteroatoms. The maximum absolute atomic E-state index is 11.8. The third-order valence-electron chi connectivity index (χ3n) is 4.35. The molecule has 3 atom stereocenters. The second kappa shape index (κ2) is 4.36. The minimum atomic E-state index is -0.704. The van der Waals surface area contributed by atoms with Crippen molar-refractivity contribution >= 4 is 11.9 Å². The normalized spacial score (nSPS) is 31.8. The van der Waals surface area contributed by atoms with Gasteiger partial charge in [0.1, 0.15) is 5.82 Å². The van der Waals surface area contributed by atoms with Crippen molar-refractivity contribution in [2.45, 2.75) is 38.1 Å². The van der Waals surface area contributed by atoms with Crippen LogP contribution in [0.3, 0.4) is 0 Å². The van der Waals surface area contributed by atoms with Crippen molar-refractivity contribution in [1.29, 1.82) is 0 Å². The number of carbonyl (C=O) groups excluding carboxylic acids is 1. The van der Waals surface area contributed by atoms with E-state index in [0.29, 0.717) is 19.3 Å². The molecule has 0 unspecified atom stereocenters. The summed E-state index contributed by atoms with van der Waals surface area (Å²) in [6.07, 6.45) is 6.52. The van der Waals surface area contributed by atoms with Gasteiger partial charge in [0.15, 0.2) is 0 Å². The molecule has 2 saturated carbocycles. The third-order valence-corrected chi connectivity index (χ3v) is 4.35. The topological polar surface area (TPSA) is 95.1 Å². The van der Waals surface area contributed by atoms with Crippen molar-refractivity contribution in [3.05, 3.63) is 18.2 Å². The van der Waals surface area contributed by atoms with Gasteiger partial charge in [0.05, 0.1) is 5.41 Å². The van der Waals surface area contributed by atoms with E-state index in [-0.39, 0.29) is 17.9 Å². The van der Waals surface area contributed by atoms with E-state index in [1.165, 1.54) is 0 Å². The smallest absolute Gasteiger partial charge is 0.310 e. The molecule has 3 rings (SSSR count). The second-order valence-corrected chi connectivity index (χ2v) is 5.60. The van der Waals surface area contributed by atoms with Crippen molar-refractivity contribution in [2.75, 3.05) is 0 Å². The Hall–Kier alpha value is -1.85. The maximum atomic E-state index is 11.8. The van der Waals surface area contributed by atoms with Gasteiger partial charge in [-0.1, -0.05) is 0 Å². The van der Waals surface area contributed by atoms with Crippen LogP contribution in [0.25, 0.3) is 0 Å². The Balaban J connectivity index is 1.45. The number of aromatic nitrogens is 2. The highest BCUT2D eigenvalue weighted by molar-refractivity contribution is 5.80. The SMILES string of the molecule is O=C(CCc1ncc[nH]1)N[C@H]1C[C@@H]2C[C@]2(C(=O)O)C1. The Morgan fingerprint density at radius 2 is 2.37 bits per heavy atom. The highest BCUT2D eigenvalue weighted by Gasteiger charge is 2.65. The Morgan fingerprint density at radius 3 is 3.00 bits per heavy atom. The van der Waals surface area contributed by atoms with Gasteiger partial charge in [-0.05, 0) is 25.2 Å². The summed E-state index contributed by atoms with van der Waals surface area (Å²) in [4.78, 5) is 30.0. The monoisotopic (exact) mass is 263 g/mol. The predicted octanol–water partition coefficient (Wildman–Crippen LogP) is 0.712. The van der Waals surface area contributed by atoms with E-state index in [9.17, 15) is 9.59 Å². The number of hydrogen-bond acceptors (Lipinski definition) is 3. The fourth-order valence-corrected chi connectivity index (χ4v) is 3.23. The minimum Gasteiger partial charge on any atom is -0.481 e. The summed E-state index contributed by atoms with van der Waals surface area (Å²) in [5.41, 5.74) is -0.529. The van der Waals surface area contributed by atoms with Crippen LogP contribution in [0.15, 0.2) is 12.4 Å². The number of rotatable bonds is 5. The second-order valence-electron chi connectivity index (χ2n) is 5.60. The van der Waals surface area contributed by atoms with Crippen molar-refractivity contribution < 1.29 is 14.7 Å². The van der Waals surface area contributed by atoms with Crippen LogP contribution in [-0.2, 0) is 16.0 Å². The Labute approximate surface area is 110 Å². The molecule has 0 aliphatic heterocycles. The number of carbonyl (C=O) groups is 2. The Kier molecular flexibility index (Phi) is 2.80. The summed E-state index contributed by atoms with van der Waals surface area (Å²) in [6, 6.07) is 0.0268. The summed E-state index contributed by atoms with van der Waals surface area (Å²) in [6.45, 7) is 0. The largest absolute Gasteiger partial charge is 0.481 e. The van der Waals surface area contributed by atoms with Gasteiger partial charge in [-0.3, -0.25) is 9.59 Å². The number of carboxylic acid groups (broad SMARTS) is 1. The average molecular weight is 263 g/mol. The van der Waals surface area contributed by atoms with Gasteiger partial charge in [0, 0.05) is 31.3 Å². The van der Waals surface area contributed by atoms with E-state index >= 15 is 0 Å². The van der Waals surface area contributed by atoms with Crippen LogP contribution in [0.1, 0.15) is 31.5 Å². The van der Waals surface area contributed by atoms with Crippen molar-refractivity contribution in [3.63, 3.8) is 0 Å². The van der Waals surface area contributed by atoms with E-state index in [2.05, 4.69) is 15.3 Å². The third kappa shape index (κ3) is 2.22. The predicted molar refractivity (Wildman–Crippen MR) is 66.2 cm³/mol. The molecule has 102 valence electrons. The lowest BCUT2D eigenvalue weighted by molar-refractivity contribution is -0.143. The van der Waals surface area contributed by atoms with Gasteiger partial charge in [0.25, 0.3) is 0 Å². The molecule has 2 aliphatic carbocycles. The van der Waals surface area contributed by atoms with Crippen LogP contribution in [0, 0.1) is 11.3 Å². The van der Waals surface area contributed by atoms with Gasteiger partial charge in [0.2, 0.25) is 5.91 Å². The lowest BCUT2D eigenvalue weighted by atomic mass is 10.0. The van der Waals surface area contributed by atoms with Crippen LogP contribution in [0.2, 0.25) is 0 Å².